The molecule has 0 aliphatic carbocycles. The van der Waals surface area contributed by atoms with Gasteiger partial charge in [-0.1, -0.05) is 23.7 Å². The number of carbonyl (C=O) groups excluding carboxylic acids is 1. The SMILES string of the molecule is COc1ccc(Cl)cc1C(=O)NCCc1ccc(I)cc1. The van der Waals surface area contributed by atoms with Gasteiger partial charge >= 0.3 is 0 Å². The van der Waals surface area contributed by atoms with E-state index in [1.54, 1.807) is 18.2 Å². The number of benzene rings is 2. The molecule has 0 radical (unpaired) electrons. The van der Waals surface area contributed by atoms with Crippen LogP contribution in [-0.4, -0.2) is 19.6 Å². The van der Waals surface area contributed by atoms with E-state index in [-0.39, 0.29) is 5.91 Å². The van der Waals surface area contributed by atoms with Gasteiger partial charge in [-0.15, -0.1) is 0 Å². The van der Waals surface area contributed by atoms with Crippen LogP contribution < -0.4 is 10.1 Å². The quantitative estimate of drug-likeness (QED) is 0.752. The summed E-state index contributed by atoms with van der Waals surface area (Å²) in [6.07, 6.45) is 0.783. The Kier molecular flexibility index (Phi) is 5.87. The molecule has 0 atom stereocenters. The lowest BCUT2D eigenvalue weighted by atomic mass is 10.1. The average molecular weight is 416 g/mol. The first-order valence-electron chi connectivity index (χ1n) is 6.46. The smallest absolute Gasteiger partial charge is 0.255 e. The lowest BCUT2D eigenvalue weighted by Crippen LogP contribution is -2.26. The van der Waals surface area contributed by atoms with Crippen molar-refractivity contribution < 1.29 is 9.53 Å². The normalized spacial score (nSPS) is 10.2. The third-order valence-corrected chi connectivity index (χ3v) is 3.97. The molecule has 0 aliphatic heterocycles. The Morgan fingerprint density at radius 2 is 1.95 bits per heavy atom. The van der Waals surface area contributed by atoms with Gasteiger partial charge in [-0.25, -0.2) is 0 Å². The van der Waals surface area contributed by atoms with Crippen molar-refractivity contribution in [3.05, 3.63) is 62.2 Å². The number of methoxy groups -OCH3 is 1. The van der Waals surface area contributed by atoms with Crippen LogP contribution in [0.1, 0.15) is 15.9 Å². The minimum absolute atomic E-state index is 0.181. The first-order chi connectivity index (χ1) is 10.1. The van der Waals surface area contributed by atoms with Crippen LogP contribution in [0.5, 0.6) is 5.75 Å². The number of hydrogen-bond acceptors (Lipinski definition) is 2. The summed E-state index contributed by atoms with van der Waals surface area (Å²) in [7, 11) is 1.53. The molecule has 21 heavy (non-hydrogen) atoms. The maximum atomic E-state index is 12.2. The average Bonchev–Trinajstić information content (AvgIpc) is 2.49. The van der Waals surface area contributed by atoms with Gasteiger partial charge in [0.25, 0.3) is 5.91 Å². The second-order valence-electron chi connectivity index (χ2n) is 4.48. The fourth-order valence-electron chi connectivity index (χ4n) is 1.92. The van der Waals surface area contributed by atoms with Crippen molar-refractivity contribution in [3.63, 3.8) is 0 Å². The Balaban J connectivity index is 1.95. The maximum Gasteiger partial charge on any atom is 0.255 e. The van der Waals surface area contributed by atoms with Crippen LogP contribution in [0, 0.1) is 3.57 Å². The van der Waals surface area contributed by atoms with Crippen LogP contribution in [-0.2, 0) is 6.42 Å². The minimum atomic E-state index is -0.181. The third kappa shape index (κ3) is 4.61. The summed E-state index contributed by atoms with van der Waals surface area (Å²) < 4.78 is 6.38. The molecule has 0 fully saturated rings. The summed E-state index contributed by atoms with van der Waals surface area (Å²) in [5, 5.41) is 3.40. The van der Waals surface area contributed by atoms with Gasteiger partial charge in [0.05, 0.1) is 12.7 Å². The highest BCUT2D eigenvalue weighted by Crippen LogP contribution is 2.22. The second-order valence-corrected chi connectivity index (χ2v) is 6.16. The zero-order valence-corrected chi connectivity index (χ0v) is 14.4. The Bertz CT molecular complexity index is 629. The van der Waals surface area contributed by atoms with Crippen molar-refractivity contribution in [2.45, 2.75) is 6.42 Å². The van der Waals surface area contributed by atoms with E-state index in [4.69, 9.17) is 16.3 Å². The molecule has 0 aliphatic rings. The highest BCUT2D eigenvalue weighted by atomic mass is 127. The third-order valence-electron chi connectivity index (χ3n) is 3.02. The first kappa shape index (κ1) is 16.1. The molecule has 1 amide bonds. The van der Waals surface area contributed by atoms with Crippen LogP contribution in [0.15, 0.2) is 42.5 Å². The van der Waals surface area contributed by atoms with Crippen molar-refractivity contribution in [2.24, 2.45) is 0 Å². The molecule has 110 valence electrons. The highest BCUT2D eigenvalue weighted by molar-refractivity contribution is 14.1. The molecule has 0 spiro atoms. The first-order valence-corrected chi connectivity index (χ1v) is 7.92. The monoisotopic (exact) mass is 415 g/mol. The molecule has 2 rings (SSSR count). The molecule has 0 saturated heterocycles. The molecule has 0 unspecified atom stereocenters. The van der Waals surface area contributed by atoms with Crippen molar-refractivity contribution in [1.82, 2.24) is 5.32 Å². The van der Waals surface area contributed by atoms with Crippen molar-refractivity contribution in [2.75, 3.05) is 13.7 Å². The molecule has 2 aromatic rings. The van der Waals surface area contributed by atoms with Gasteiger partial charge in [-0.2, -0.15) is 0 Å². The molecular formula is C16H15ClINO2. The lowest BCUT2D eigenvalue weighted by molar-refractivity contribution is 0.0951. The summed E-state index contributed by atoms with van der Waals surface area (Å²) in [4.78, 5) is 12.2. The van der Waals surface area contributed by atoms with Crippen molar-refractivity contribution in [3.8, 4) is 5.75 Å². The van der Waals surface area contributed by atoms with Crippen LogP contribution >= 0.6 is 34.2 Å². The predicted octanol–water partition coefficient (Wildman–Crippen LogP) is 3.93. The van der Waals surface area contributed by atoms with E-state index in [9.17, 15) is 4.79 Å². The van der Waals surface area contributed by atoms with E-state index in [2.05, 4.69) is 52.2 Å². The van der Waals surface area contributed by atoms with Crippen LogP contribution in [0.2, 0.25) is 5.02 Å². The van der Waals surface area contributed by atoms with E-state index in [0.717, 1.165) is 6.42 Å². The fraction of sp³-hybridized carbons (Fsp3) is 0.188. The largest absolute Gasteiger partial charge is 0.496 e. The minimum Gasteiger partial charge on any atom is -0.496 e. The molecule has 3 nitrogen and oxygen atoms in total. The lowest BCUT2D eigenvalue weighted by Gasteiger charge is -2.10. The van der Waals surface area contributed by atoms with Crippen LogP contribution in [0.4, 0.5) is 0 Å². The van der Waals surface area contributed by atoms with Gasteiger partial charge in [-0.3, -0.25) is 4.79 Å². The van der Waals surface area contributed by atoms with Gasteiger partial charge in [0.15, 0.2) is 0 Å². The Hall–Kier alpha value is -1.27. The van der Waals surface area contributed by atoms with E-state index in [1.807, 2.05) is 0 Å². The molecule has 0 heterocycles. The molecular weight excluding hydrogens is 401 g/mol. The number of ether oxygens (including phenoxy) is 1. The van der Waals surface area contributed by atoms with E-state index in [0.29, 0.717) is 22.9 Å². The Morgan fingerprint density at radius 3 is 2.62 bits per heavy atom. The second kappa shape index (κ2) is 7.66. The fourth-order valence-corrected chi connectivity index (χ4v) is 2.46. The Labute approximate surface area is 142 Å². The molecule has 5 heteroatoms. The predicted molar refractivity (Wildman–Crippen MR) is 93.2 cm³/mol. The van der Waals surface area contributed by atoms with Gasteiger partial charge < -0.3 is 10.1 Å². The number of amides is 1. The van der Waals surface area contributed by atoms with Gasteiger partial charge in [0.2, 0.25) is 0 Å². The standard InChI is InChI=1S/C16H15ClINO2/c1-21-15-7-4-12(17)10-14(15)16(20)19-9-8-11-2-5-13(18)6-3-11/h2-7,10H,8-9H2,1H3,(H,19,20). The van der Waals surface area contributed by atoms with Gasteiger partial charge in [0.1, 0.15) is 5.75 Å². The summed E-state index contributed by atoms with van der Waals surface area (Å²) in [5.41, 5.74) is 1.64. The highest BCUT2D eigenvalue weighted by Gasteiger charge is 2.12. The summed E-state index contributed by atoms with van der Waals surface area (Å²) in [5.74, 6) is 0.339. The number of hydrogen-bond donors (Lipinski definition) is 1. The van der Waals surface area contributed by atoms with Crippen molar-refractivity contribution in [1.29, 1.82) is 0 Å². The zero-order valence-electron chi connectivity index (χ0n) is 11.5. The maximum absolute atomic E-state index is 12.2. The van der Waals surface area contributed by atoms with E-state index in [1.165, 1.54) is 16.2 Å². The summed E-state index contributed by atoms with van der Waals surface area (Å²) in [6, 6.07) is 13.2. The number of carbonyl (C=O) groups is 1. The zero-order chi connectivity index (χ0) is 15.2. The van der Waals surface area contributed by atoms with Crippen LogP contribution in [0.25, 0.3) is 0 Å². The molecule has 0 saturated carbocycles. The molecule has 1 N–H and O–H groups in total. The van der Waals surface area contributed by atoms with Crippen LogP contribution in [0.3, 0.4) is 0 Å². The summed E-state index contributed by atoms with van der Waals surface area (Å²) in [6.45, 7) is 0.565. The molecule has 0 bridgehead atoms. The number of rotatable bonds is 5. The van der Waals surface area contributed by atoms with Crippen molar-refractivity contribution >= 4 is 40.1 Å². The van der Waals surface area contributed by atoms with Gasteiger partial charge in [-0.05, 0) is 64.9 Å². The summed E-state index contributed by atoms with van der Waals surface area (Å²) >= 11 is 8.19. The Morgan fingerprint density at radius 1 is 1.24 bits per heavy atom. The molecule has 0 aromatic heterocycles. The number of nitrogens with one attached hydrogen (secondary N) is 1. The van der Waals surface area contributed by atoms with E-state index < -0.39 is 0 Å². The number of halogens is 2. The topological polar surface area (TPSA) is 38.3 Å². The van der Waals surface area contributed by atoms with E-state index >= 15 is 0 Å². The molecule has 2 aromatic carbocycles. The van der Waals surface area contributed by atoms with Gasteiger partial charge in [0, 0.05) is 15.1 Å².